The minimum atomic E-state index is -3.23. The topological polar surface area (TPSA) is 66.5 Å². The minimum absolute atomic E-state index is 0.162. The van der Waals surface area contributed by atoms with Crippen LogP contribution >= 0.6 is 0 Å². The predicted molar refractivity (Wildman–Crippen MR) is 102 cm³/mol. The molecule has 0 atom stereocenters. The highest BCUT2D eigenvalue weighted by molar-refractivity contribution is 7.93. The molecule has 0 aromatic heterocycles. The maximum absolute atomic E-state index is 13.2. The summed E-state index contributed by atoms with van der Waals surface area (Å²) in [5, 5.41) is 3.09. The molecule has 4 rings (SSSR count). The van der Waals surface area contributed by atoms with E-state index in [1.807, 2.05) is 0 Å². The summed E-state index contributed by atoms with van der Waals surface area (Å²) >= 11 is 0. The number of amides is 1. The highest BCUT2D eigenvalue weighted by Gasteiger charge is 2.40. The maximum Gasteiger partial charge on any atom is 0.251 e. The number of sulfonamides is 1. The Bertz CT molecular complexity index is 952. The monoisotopic (exact) mass is 388 g/mol. The van der Waals surface area contributed by atoms with Crippen molar-refractivity contribution in [1.82, 2.24) is 5.32 Å². The molecule has 0 unspecified atom stereocenters. The summed E-state index contributed by atoms with van der Waals surface area (Å²) in [6, 6.07) is 12.9. The Morgan fingerprint density at radius 2 is 1.67 bits per heavy atom. The van der Waals surface area contributed by atoms with Gasteiger partial charge in [-0.15, -0.1) is 0 Å². The van der Waals surface area contributed by atoms with Gasteiger partial charge >= 0.3 is 0 Å². The molecule has 2 fully saturated rings. The first-order valence-electron chi connectivity index (χ1n) is 9.09. The van der Waals surface area contributed by atoms with Gasteiger partial charge in [-0.05, 0) is 67.6 Å². The number of nitrogens with zero attached hydrogens (tertiary/aromatic N) is 1. The van der Waals surface area contributed by atoms with Crippen molar-refractivity contribution in [1.29, 1.82) is 0 Å². The maximum atomic E-state index is 13.2. The molecule has 1 saturated carbocycles. The Hall–Kier alpha value is -2.41. The van der Waals surface area contributed by atoms with Gasteiger partial charge in [0.15, 0.2) is 0 Å². The van der Waals surface area contributed by atoms with Crippen LogP contribution in [0, 0.1) is 5.82 Å². The molecule has 27 heavy (non-hydrogen) atoms. The first-order valence-corrected chi connectivity index (χ1v) is 10.7. The van der Waals surface area contributed by atoms with Gasteiger partial charge < -0.3 is 5.32 Å². The zero-order chi connectivity index (χ0) is 19.1. The van der Waals surface area contributed by atoms with Crippen molar-refractivity contribution in [2.75, 3.05) is 16.6 Å². The Morgan fingerprint density at radius 1 is 1.00 bits per heavy atom. The zero-order valence-corrected chi connectivity index (χ0v) is 15.6. The van der Waals surface area contributed by atoms with Crippen LogP contribution in [-0.4, -0.2) is 26.6 Å². The molecular formula is C20H21FN2O3S. The molecule has 2 aromatic rings. The van der Waals surface area contributed by atoms with Gasteiger partial charge in [0, 0.05) is 12.1 Å². The molecule has 7 heteroatoms. The summed E-state index contributed by atoms with van der Waals surface area (Å²) in [6.07, 6.45) is 3.25. The van der Waals surface area contributed by atoms with Crippen molar-refractivity contribution in [3.63, 3.8) is 0 Å². The average molecular weight is 388 g/mol. The number of halogens is 1. The summed E-state index contributed by atoms with van der Waals surface area (Å²) in [6.45, 7) is 0.474. The van der Waals surface area contributed by atoms with Crippen LogP contribution < -0.4 is 9.62 Å². The molecular weight excluding hydrogens is 367 g/mol. The average Bonchev–Trinajstić information content (AvgIpc) is 2.98. The fourth-order valence-electron chi connectivity index (χ4n) is 3.78. The summed E-state index contributed by atoms with van der Waals surface area (Å²) in [4.78, 5) is 12.7. The van der Waals surface area contributed by atoms with Gasteiger partial charge in [-0.3, -0.25) is 9.10 Å². The molecule has 0 spiro atoms. The minimum Gasteiger partial charge on any atom is -0.343 e. The van der Waals surface area contributed by atoms with Crippen LogP contribution in [0.3, 0.4) is 0 Å². The Kier molecular flexibility index (Phi) is 4.42. The Balaban J connectivity index is 1.52. The number of carbonyl (C=O) groups is 1. The number of anilines is 1. The fourth-order valence-corrected chi connectivity index (χ4v) is 5.35. The third kappa shape index (κ3) is 3.32. The first-order chi connectivity index (χ1) is 12.9. The molecule has 0 bridgehead atoms. The number of benzene rings is 2. The van der Waals surface area contributed by atoms with Gasteiger partial charge in [0.1, 0.15) is 5.82 Å². The largest absolute Gasteiger partial charge is 0.343 e. The fraction of sp³-hybridized carbons (Fsp3) is 0.350. The van der Waals surface area contributed by atoms with Gasteiger partial charge in [-0.2, -0.15) is 0 Å². The number of hydrogen-bond donors (Lipinski definition) is 1. The van der Waals surface area contributed by atoms with Crippen molar-refractivity contribution in [3.8, 4) is 0 Å². The van der Waals surface area contributed by atoms with Crippen LogP contribution in [0.5, 0.6) is 0 Å². The van der Waals surface area contributed by atoms with E-state index in [2.05, 4.69) is 5.32 Å². The Morgan fingerprint density at radius 3 is 2.19 bits per heavy atom. The van der Waals surface area contributed by atoms with Crippen molar-refractivity contribution in [2.45, 2.75) is 31.2 Å². The molecule has 2 aromatic carbocycles. The van der Waals surface area contributed by atoms with E-state index in [1.54, 1.807) is 36.4 Å². The highest BCUT2D eigenvalue weighted by Crippen LogP contribution is 2.41. The van der Waals surface area contributed by atoms with E-state index in [0.717, 1.165) is 24.8 Å². The lowest BCUT2D eigenvalue weighted by Crippen LogP contribution is -2.50. The standard InChI is InChI=1S/C20H21FN2O3S/c21-17-7-5-16(6-8-17)20(11-1-12-20)22-19(24)15-3-9-18(10-4-15)23-13-2-14-27(23,25)26/h3-10H,1-2,11-14H2,(H,22,24). The van der Waals surface area contributed by atoms with E-state index in [9.17, 15) is 17.6 Å². The number of nitrogens with one attached hydrogen (secondary N) is 1. The van der Waals surface area contributed by atoms with E-state index in [1.165, 1.54) is 16.4 Å². The van der Waals surface area contributed by atoms with Crippen molar-refractivity contribution in [3.05, 3.63) is 65.5 Å². The lowest BCUT2D eigenvalue weighted by atomic mass is 9.71. The second-order valence-corrected chi connectivity index (χ2v) is 9.20. The highest BCUT2D eigenvalue weighted by atomic mass is 32.2. The van der Waals surface area contributed by atoms with Crippen molar-refractivity contribution < 1.29 is 17.6 Å². The van der Waals surface area contributed by atoms with Crippen LogP contribution in [0.1, 0.15) is 41.6 Å². The van der Waals surface area contributed by atoms with Crippen molar-refractivity contribution in [2.24, 2.45) is 0 Å². The smallest absolute Gasteiger partial charge is 0.251 e. The van der Waals surface area contributed by atoms with E-state index in [-0.39, 0.29) is 17.5 Å². The van der Waals surface area contributed by atoms with Crippen LogP contribution in [0.2, 0.25) is 0 Å². The molecule has 0 radical (unpaired) electrons. The summed E-state index contributed by atoms with van der Waals surface area (Å²) in [7, 11) is -3.23. The lowest BCUT2D eigenvalue weighted by Gasteiger charge is -2.43. The summed E-state index contributed by atoms with van der Waals surface area (Å²) in [5.74, 6) is -0.350. The predicted octanol–water partition coefficient (Wildman–Crippen LogP) is 3.17. The molecule has 1 aliphatic carbocycles. The van der Waals surface area contributed by atoms with Gasteiger partial charge in [0.25, 0.3) is 5.91 Å². The van der Waals surface area contributed by atoms with Crippen LogP contribution in [0.4, 0.5) is 10.1 Å². The number of rotatable bonds is 4. The zero-order valence-electron chi connectivity index (χ0n) is 14.8. The first kappa shape index (κ1) is 18.0. The number of carbonyl (C=O) groups excluding carboxylic acids is 1. The molecule has 2 aliphatic rings. The molecule has 1 aliphatic heterocycles. The third-order valence-electron chi connectivity index (χ3n) is 5.47. The van der Waals surface area contributed by atoms with Crippen LogP contribution in [0.25, 0.3) is 0 Å². The van der Waals surface area contributed by atoms with Gasteiger partial charge in [-0.25, -0.2) is 12.8 Å². The van der Waals surface area contributed by atoms with Gasteiger partial charge in [0.05, 0.1) is 17.0 Å². The second kappa shape index (κ2) is 6.64. The molecule has 1 N–H and O–H groups in total. The third-order valence-corrected chi connectivity index (χ3v) is 7.34. The Labute approximate surface area is 158 Å². The van der Waals surface area contributed by atoms with E-state index >= 15 is 0 Å². The van der Waals surface area contributed by atoms with E-state index in [4.69, 9.17) is 0 Å². The van der Waals surface area contributed by atoms with Gasteiger partial charge in [-0.1, -0.05) is 12.1 Å². The summed E-state index contributed by atoms with van der Waals surface area (Å²) in [5.41, 5.74) is 1.51. The molecule has 1 heterocycles. The quantitative estimate of drug-likeness (QED) is 0.875. The van der Waals surface area contributed by atoms with Crippen LogP contribution in [-0.2, 0) is 15.6 Å². The number of hydrogen-bond acceptors (Lipinski definition) is 3. The SMILES string of the molecule is O=C(NC1(c2ccc(F)cc2)CCC1)c1ccc(N2CCCS2(=O)=O)cc1. The van der Waals surface area contributed by atoms with Crippen molar-refractivity contribution >= 4 is 21.6 Å². The van der Waals surface area contributed by atoms with Gasteiger partial charge in [0.2, 0.25) is 10.0 Å². The molecule has 1 saturated heterocycles. The van der Waals surface area contributed by atoms with E-state index in [0.29, 0.717) is 24.2 Å². The van der Waals surface area contributed by atoms with E-state index < -0.39 is 15.6 Å². The molecule has 5 nitrogen and oxygen atoms in total. The van der Waals surface area contributed by atoms with Crippen LogP contribution in [0.15, 0.2) is 48.5 Å². The molecule has 142 valence electrons. The summed E-state index contributed by atoms with van der Waals surface area (Å²) < 4.78 is 38.6. The lowest BCUT2D eigenvalue weighted by molar-refractivity contribution is 0.0823. The second-order valence-electron chi connectivity index (χ2n) is 7.19. The normalized spacial score (nSPS) is 20.1. The molecule has 1 amide bonds.